The molecule has 0 saturated heterocycles. The molecule has 55 heavy (non-hydrogen) atoms. The highest BCUT2D eigenvalue weighted by Gasteiger charge is 2.20. The van der Waals surface area contributed by atoms with Gasteiger partial charge in [-0.05, 0) is 51.9 Å². The molecule has 0 aliphatic carbocycles. The van der Waals surface area contributed by atoms with Gasteiger partial charge in [0.15, 0.2) is 11.5 Å². The number of aromatic hydroxyl groups is 1. The van der Waals surface area contributed by atoms with Gasteiger partial charge in [-0.2, -0.15) is 0 Å². The fourth-order valence-corrected chi connectivity index (χ4v) is 6.25. The maximum atomic E-state index is 12.1. The third-order valence-electron chi connectivity index (χ3n) is 9.20. The minimum absolute atomic E-state index is 0.165. The third-order valence-corrected chi connectivity index (χ3v) is 9.20. The second kappa shape index (κ2) is 18.9. The van der Waals surface area contributed by atoms with E-state index in [0.29, 0.717) is 73.4 Å². The van der Waals surface area contributed by atoms with Crippen LogP contribution in [0.3, 0.4) is 0 Å². The summed E-state index contributed by atoms with van der Waals surface area (Å²) in [7, 11) is 0. The van der Waals surface area contributed by atoms with Gasteiger partial charge in [0, 0.05) is 23.6 Å². The highest BCUT2D eigenvalue weighted by atomic mass is 16.5. The molecule has 0 fully saturated rings. The molecule has 5 nitrogen and oxygen atoms in total. The van der Waals surface area contributed by atoms with Crippen LogP contribution in [0.25, 0.3) is 6.08 Å². The van der Waals surface area contributed by atoms with E-state index in [1.54, 1.807) is 0 Å². The fourth-order valence-electron chi connectivity index (χ4n) is 6.25. The first-order chi connectivity index (χ1) is 27.2. The van der Waals surface area contributed by atoms with Crippen molar-refractivity contribution in [3.8, 4) is 28.7 Å². The number of phenols is 1. The van der Waals surface area contributed by atoms with E-state index in [4.69, 9.17) is 18.9 Å². The Balaban J connectivity index is 1.18. The van der Waals surface area contributed by atoms with E-state index in [-0.39, 0.29) is 5.75 Å². The SMILES string of the molecule is Oc1c(CC=Cc2ccc(OCc3ccccc3)c(OCc3ccccc3)c2)c(OCc2ccccc2)cc(OCc2ccccc2)c1Cc1ccccc1. The predicted molar refractivity (Wildman–Crippen MR) is 220 cm³/mol. The molecule has 1 N–H and O–H groups in total. The highest BCUT2D eigenvalue weighted by Crippen LogP contribution is 2.41. The topological polar surface area (TPSA) is 57.2 Å². The molecule has 0 radical (unpaired) electrons. The summed E-state index contributed by atoms with van der Waals surface area (Å²) in [4.78, 5) is 0. The van der Waals surface area contributed by atoms with Crippen LogP contribution in [0.1, 0.15) is 44.5 Å². The largest absolute Gasteiger partial charge is 0.507 e. The van der Waals surface area contributed by atoms with Crippen molar-refractivity contribution in [1.82, 2.24) is 0 Å². The van der Waals surface area contributed by atoms with Crippen LogP contribution in [0.15, 0.2) is 182 Å². The van der Waals surface area contributed by atoms with E-state index in [1.165, 1.54) is 0 Å². The second-order valence-corrected chi connectivity index (χ2v) is 13.3. The van der Waals surface area contributed by atoms with Crippen molar-refractivity contribution in [2.24, 2.45) is 0 Å². The average Bonchev–Trinajstić information content (AvgIpc) is 3.24. The molecule has 0 spiro atoms. The van der Waals surface area contributed by atoms with Gasteiger partial charge in [-0.3, -0.25) is 0 Å². The van der Waals surface area contributed by atoms with Crippen LogP contribution in [0.2, 0.25) is 0 Å². The molecule has 7 rings (SSSR count). The first kappa shape index (κ1) is 36.6. The molecule has 0 amide bonds. The Morgan fingerprint density at radius 2 is 0.782 bits per heavy atom. The van der Waals surface area contributed by atoms with Crippen LogP contribution in [0, 0.1) is 0 Å². The van der Waals surface area contributed by atoms with Gasteiger partial charge in [0.1, 0.15) is 43.7 Å². The lowest BCUT2D eigenvalue weighted by molar-refractivity contribution is 0.256. The first-order valence-electron chi connectivity index (χ1n) is 18.6. The Morgan fingerprint density at radius 1 is 0.382 bits per heavy atom. The van der Waals surface area contributed by atoms with Gasteiger partial charge >= 0.3 is 0 Å². The molecule has 0 aliphatic heterocycles. The van der Waals surface area contributed by atoms with Gasteiger partial charge < -0.3 is 24.1 Å². The Hall–Kier alpha value is -6.72. The molecule has 5 heteroatoms. The van der Waals surface area contributed by atoms with Crippen LogP contribution < -0.4 is 18.9 Å². The summed E-state index contributed by atoms with van der Waals surface area (Å²) in [5.74, 6) is 2.65. The Bertz CT molecular complexity index is 2260. The van der Waals surface area contributed by atoms with E-state index in [2.05, 4.69) is 12.1 Å². The number of benzene rings is 7. The quantitative estimate of drug-likeness (QED) is 0.101. The molecule has 0 aliphatic rings. The first-order valence-corrected chi connectivity index (χ1v) is 18.6. The van der Waals surface area contributed by atoms with Crippen LogP contribution in [0.4, 0.5) is 0 Å². The van der Waals surface area contributed by atoms with Crippen LogP contribution in [-0.2, 0) is 39.3 Å². The Labute approximate surface area is 323 Å². The summed E-state index contributed by atoms with van der Waals surface area (Å²) in [5, 5.41) is 12.1. The molecule has 7 aromatic carbocycles. The Kier molecular flexibility index (Phi) is 12.6. The summed E-state index contributed by atoms with van der Waals surface area (Å²) < 4.78 is 25.5. The van der Waals surface area contributed by atoms with Gasteiger partial charge in [-0.15, -0.1) is 0 Å². The maximum Gasteiger partial charge on any atom is 0.162 e. The standard InChI is InChI=1S/C50H44O5/c51-50-44(28-16-27-39-29-30-46(52-34-40-19-8-2-9-20-40)49(32-39)55-37-43-25-14-5-15-26-43)47(53-35-41-21-10-3-11-22-41)33-48(54-36-42-23-12-4-13-24-42)45(50)31-38-17-6-1-7-18-38/h1-27,29-30,32-33,51H,28,31,34-37H2. The molecule has 0 atom stereocenters. The molecule has 0 unspecified atom stereocenters. The van der Waals surface area contributed by atoms with E-state index >= 15 is 0 Å². The number of phenolic OH excluding ortho intramolecular Hbond substituents is 1. The zero-order chi connectivity index (χ0) is 37.5. The number of hydrogen-bond donors (Lipinski definition) is 1. The molecule has 274 valence electrons. The fraction of sp³-hybridized carbons (Fsp3) is 0.120. The monoisotopic (exact) mass is 724 g/mol. The van der Waals surface area contributed by atoms with E-state index in [0.717, 1.165) is 33.4 Å². The average molecular weight is 725 g/mol. The molecular formula is C50H44O5. The van der Waals surface area contributed by atoms with E-state index in [1.807, 2.05) is 176 Å². The van der Waals surface area contributed by atoms with Crippen molar-refractivity contribution in [2.75, 3.05) is 0 Å². The summed E-state index contributed by atoms with van der Waals surface area (Å²) in [6, 6.07) is 58.3. The third kappa shape index (κ3) is 10.5. The van der Waals surface area contributed by atoms with Crippen molar-refractivity contribution in [3.05, 3.63) is 227 Å². The lowest BCUT2D eigenvalue weighted by Gasteiger charge is -2.20. The predicted octanol–water partition coefficient (Wildman–Crippen LogP) is 11.6. The zero-order valence-electron chi connectivity index (χ0n) is 30.7. The van der Waals surface area contributed by atoms with Crippen molar-refractivity contribution < 1.29 is 24.1 Å². The molecule has 0 heterocycles. The van der Waals surface area contributed by atoms with E-state index < -0.39 is 0 Å². The van der Waals surface area contributed by atoms with E-state index in [9.17, 15) is 5.11 Å². The number of ether oxygens (including phenoxy) is 4. The maximum absolute atomic E-state index is 12.1. The van der Waals surface area contributed by atoms with Crippen molar-refractivity contribution >= 4 is 6.08 Å². The number of rotatable bonds is 17. The molecule has 7 aromatic rings. The molecule has 0 bridgehead atoms. The second-order valence-electron chi connectivity index (χ2n) is 13.3. The van der Waals surface area contributed by atoms with Gasteiger partial charge in [0.2, 0.25) is 0 Å². The highest BCUT2D eigenvalue weighted by molar-refractivity contribution is 5.61. The Morgan fingerprint density at radius 3 is 1.25 bits per heavy atom. The van der Waals surface area contributed by atoms with Crippen molar-refractivity contribution in [1.29, 1.82) is 0 Å². The number of hydrogen-bond acceptors (Lipinski definition) is 5. The summed E-state index contributed by atoms with van der Waals surface area (Å²) in [5.41, 5.74) is 7.62. The molecular weight excluding hydrogens is 681 g/mol. The summed E-state index contributed by atoms with van der Waals surface area (Å²) >= 11 is 0. The summed E-state index contributed by atoms with van der Waals surface area (Å²) in [6.45, 7) is 1.55. The van der Waals surface area contributed by atoms with Gasteiger partial charge in [-0.1, -0.05) is 170 Å². The smallest absolute Gasteiger partial charge is 0.162 e. The lowest BCUT2D eigenvalue weighted by Crippen LogP contribution is -2.05. The van der Waals surface area contributed by atoms with Gasteiger partial charge in [0.25, 0.3) is 0 Å². The molecule has 0 saturated carbocycles. The normalized spacial score (nSPS) is 11.0. The van der Waals surface area contributed by atoms with Crippen LogP contribution in [0.5, 0.6) is 28.7 Å². The zero-order valence-corrected chi connectivity index (χ0v) is 30.7. The van der Waals surface area contributed by atoms with Gasteiger partial charge in [-0.25, -0.2) is 0 Å². The molecule has 0 aromatic heterocycles. The van der Waals surface area contributed by atoms with Crippen molar-refractivity contribution in [3.63, 3.8) is 0 Å². The van der Waals surface area contributed by atoms with Crippen LogP contribution in [-0.4, -0.2) is 5.11 Å². The lowest BCUT2D eigenvalue weighted by atomic mass is 9.97. The van der Waals surface area contributed by atoms with Crippen molar-refractivity contribution in [2.45, 2.75) is 39.3 Å². The minimum Gasteiger partial charge on any atom is -0.507 e. The van der Waals surface area contributed by atoms with Crippen LogP contribution >= 0.6 is 0 Å². The van der Waals surface area contributed by atoms with Gasteiger partial charge in [0.05, 0.1) is 0 Å². The number of allylic oxidation sites excluding steroid dienone is 1. The minimum atomic E-state index is 0.165. The summed E-state index contributed by atoms with van der Waals surface area (Å²) in [6.07, 6.45) is 5.00.